The lowest BCUT2D eigenvalue weighted by Crippen LogP contribution is -2.31. The lowest BCUT2D eigenvalue weighted by atomic mass is 9.97. The van der Waals surface area contributed by atoms with Crippen LogP contribution in [-0.2, 0) is 4.79 Å². The standard InChI is InChI=1S/C16H22FNO2S/c17-14-6-1-2-7-15(14)21-9-8-16(20)18-10-12-4-3-5-13(12)11-19/h1-2,6-7,12-13,19H,3-5,8-11H2,(H,18,20). The maximum atomic E-state index is 13.4. The zero-order chi connectivity index (χ0) is 15.1. The Morgan fingerprint density at radius 2 is 2.10 bits per heavy atom. The summed E-state index contributed by atoms with van der Waals surface area (Å²) in [7, 11) is 0. The van der Waals surface area contributed by atoms with Crippen molar-refractivity contribution in [3.8, 4) is 0 Å². The van der Waals surface area contributed by atoms with Crippen LogP contribution in [-0.4, -0.2) is 29.9 Å². The van der Waals surface area contributed by atoms with E-state index in [0.29, 0.717) is 35.4 Å². The molecule has 0 bridgehead atoms. The predicted octanol–water partition coefficient (Wildman–Crippen LogP) is 2.83. The minimum Gasteiger partial charge on any atom is -0.396 e. The second-order valence-corrected chi connectivity index (χ2v) is 6.60. The summed E-state index contributed by atoms with van der Waals surface area (Å²) >= 11 is 1.36. The van der Waals surface area contributed by atoms with E-state index < -0.39 is 0 Å². The predicted molar refractivity (Wildman–Crippen MR) is 82.7 cm³/mol. The lowest BCUT2D eigenvalue weighted by molar-refractivity contribution is -0.120. The summed E-state index contributed by atoms with van der Waals surface area (Å²) in [5.74, 6) is 1.07. The third-order valence-corrected chi connectivity index (χ3v) is 5.09. The average molecular weight is 311 g/mol. The molecule has 1 aliphatic rings. The first-order chi connectivity index (χ1) is 10.2. The molecule has 21 heavy (non-hydrogen) atoms. The summed E-state index contributed by atoms with van der Waals surface area (Å²) in [6.07, 6.45) is 3.65. The molecule has 1 amide bonds. The van der Waals surface area contributed by atoms with Gasteiger partial charge < -0.3 is 10.4 Å². The molecule has 3 nitrogen and oxygen atoms in total. The molecule has 0 heterocycles. The van der Waals surface area contributed by atoms with E-state index in [2.05, 4.69) is 5.32 Å². The van der Waals surface area contributed by atoms with Crippen molar-refractivity contribution < 1.29 is 14.3 Å². The third-order valence-electron chi connectivity index (χ3n) is 4.04. The average Bonchev–Trinajstić information content (AvgIpc) is 2.94. The van der Waals surface area contributed by atoms with Crippen molar-refractivity contribution in [1.29, 1.82) is 0 Å². The summed E-state index contributed by atoms with van der Waals surface area (Å²) in [4.78, 5) is 12.4. The van der Waals surface area contributed by atoms with Gasteiger partial charge in [0.1, 0.15) is 5.82 Å². The van der Waals surface area contributed by atoms with Gasteiger partial charge in [0.2, 0.25) is 5.91 Å². The zero-order valence-corrected chi connectivity index (χ0v) is 12.9. The van der Waals surface area contributed by atoms with Gasteiger partial charge in [0.15, 0.2) is 0 Å². The van der Waals surface area contributed by atoms with Gasteiger partial charge in [-0.3, -0.25) is 4.79 Å². The molecule has 2 atom stereocenters. The number of carbonyl (C=O) groups excluding carboxylic acids is 1. The Morgan fingerprint density at radius 1 is 1.33 bits per heavy atom. The van der Waals surface area contributed by atoms with Crippen LogP contribution in [0.25, 0.3) is 0 Å². The second kappa shape index (κ2) is 8.39. The number of amides is 1. The van der Waals surface area contributed by atoms with E-state index >= 15 is 0 Å². The fraction of sp³-hybridized carbons (Fsp3) is 0.562. The minimum absolute atomic E-state index is 0.00225. The van der Waals surface area contributed by atoms with Crippen molar-refractivity contribution in [2.24, 2.45) is 11.8 Å². The number of nitrogens with one attached hydrogen (secondary N) is 1. The quantitative estimate of drug-likeness (QED) is 0.761. The summed E-state index contributed by atoms with van der Waals surface area (Å²) in [6.45, 7) is 0.859. The van der Waals surface area contributed by atoms with Gasteiger partial charge in [-0.15, -0.1) is 11.8 Å². The van der Waals surface area contributed by atoms with E-state index in [0.717, 1.165) is 19.3 Å². The monoisotopic (exact) mass is 311 g/mol. The van der Waals surface area contributed by atoms with Crippen LogP contribution in [0.5, 0.6) is 0 Å². The third kappa shape index (κ3) is 5.00. The van der Waals surface area contributed by atoms with E-state index in [4.69, 9.17) is 0 Å². The minimum atomic E-state index is -0.236. The number of thioether (sulfide) groups is 1. The van der Waals surface area contributed by atoms with E-state index in [-0.39, 0.29) is 18.3 Å². The number of hydrogen-bond acceptors (Lipinski definition) is 3. The van der Waals surface area contributed by atoms with Crippen LogP contribution in [0.2, 0.25) is 0 Å². The Hall–Kier alpha value is -1.07. The zero-order valence-electron chi connectivity index (χ0n) is 12.1. The number of carbonyl (C=O) groups is 1. The highest BCUT2D eigenvalue weighted by atomic mass is 32.2. The smallest absolute Gasteiger partial charge is 0.220 e. The first kappa shape index (κ1) is 16.3. The van der Waals surface area contributed by atoms with Crippen LogP contribution >= 0.6 is 11.8 Å². The van der Waals surface area contributed by atoms with Gasteiger partial charge in [-0.2, -0.15) is 0 Å². The van der Waals surface area contributed by atoms with Crippen LogP contribution in [0.3, 0.4) is 0 Å². The summed E-state index contributed by atoms with van der Waals surface area (Å²) < 4.78 is 13.4. The van der Waals surface area contributed by atoms with Gasteiger partial charge in [-0.25, -0.2) is 4.39 Å². The molecule has 0 saturated heterocycles. The van der Waals surface area contributed by atoms with Crippen LogP contribution < -0.4 is 5.32 Å². The Balaban J connectivity index is 1.65. The first-order valence-electron chi connectivity index (χ1n) is 7.45. The molecule has 0 aromatic heterocycles. The molecule has 1 fully saturated rings. The highest BCUT2D eigenvalue weighted by Crippen LogP contribution is 2.30. The van der Waals surface area contributed by atoms with E-state index in [9.17, 15) is 14.3 Å². The number of benzene rings is 1. The molecular weight excluding hydrogens is 289 g/mol. The highest BCUT2D eigenvalue weighted by molar-refractivity contribution is 7.99. The fourth-order valence-electron chi connectivity index (χ4n) is 2.77. The van der Waals surface area contributed by atoms with Crippen molar-refractivity contribution in [3.05, 3.63) is 30.1 Å². The molecule has 1 aromatic carbocycles. The summed E-state index contributed by atoms with van der Waals surface area (Å²) in [6, 6.07) is 6.60. The number of rotatable bonds is 7. The van der Waals surface area contributed by atoms with E-state index in [1.54, 1.807) is 18.2 Å². The Bertz CT molecular complexity index is 469. The molecule has 5 heteroatoms. The molecule has 2 N–H and O–H groups in total. The topological polar surface area (TPSA) is 49.3 Å². The molecular formula is C16H22FNO2S. The number of halogens is 1. The molecule has 2 unspecified atom stereocenters. The van der Waals surface area contributed by atoms with Gasteiger partial charge in [0.25, 0.3) is 0 Å². The maximum Gasteiger partial charge on any atom is 0.220 e. The highest BCUT2D eigenvalue weighted by Gasteiger charge is 2.26. The summed E-state index contributed by atoms with van der Waals surface area (Å²) in [5.41, 5.74) is 0. The number of aliphatic hydroxyl groups is 1. The van der Waals surface area contributed by atoms with Crippen molar-refractivity contribution in [3.63, 3.8) is 0 Å². The molecule has 2 rings (SSSR count). The number of aliphatic hydroxyl groups excluding tert-OH is 1. The van der Waals surface area contributed by atoms with Crippen LogP contribution in [0.1, 0.15) is 25.7 Å². The van der Waals surface area contributed by atoms with Crippen molar-refractivity contribution in [2.75, 3.05) is 18.9 Å². The normalized spacial score (nSPS) is 21.4. The van der Waals surface area contributed by atoms with Gasteiger partial charge >= 0.3 is 0 Å². The van der Waals surface area contributed by atoms with Crippen LogP contribution in [0.15, 0.2) is 29.2 Å². The van der Waals surface area contributed by atoms with Crippen LogP contribution in [0, 0.1) is 17.7 Å². The maximum absolute atomic E-state index is 13.4. The van der Waals surface area contributed by atoms with E-state index in [1.165, 1.54) is 17.8 Å². The largest absolute Gasteiger partial charge is 0.396 e. The van der Waals surface area contributed by atoms with Crippen LogP contribution in [0.4, 0.5) is 4.39 Å². The summed E-state index contributed by atoms with van der Waals surface area (Å²) in [5, 5.41) is 12.2. The molecule has 1 aromatic rings. The van der Waals surface area contributed by atoms with Crippen molar-refractivity contribution in [2.45, 2.75) is 30.6 Å². The molecule has 0 aliphatic heterocycles. The fourth-order valence-corrected chi connectivity index (χ4v) is 3.66. The lowest BCUT2D eigenvalue weighted by Gasteiger charge is -2.17. The first-order valence-corrected chi connectivity index (χ1v) is 8.44. The van der Waals surface area contributed by atoms with Gasteiger partial charge in [-0.05, 0) is 36.8 Å². The van der Waals surface area contributed by atoms with Gasteiger partial charge in [0, 0.05) is 30.2 Å². The SMILES string of the molecule is O=C(CCSc1ccccc1F)NCC1CCCC1CO. The molecule has 116 valence electrons. The number of hydrogen-bond donors (Lipinski definition) is 2. The second-order valence-electron chi connectivity index (χ2n) is 5.47. The Morgan fingerprint density at radius 3 is 2.86 bits per heavy atom. The van der Waals surface area contributed by atoms with Crippen molar-refractivity contribution >= 4 is 17.7 Å². The van der Waals surface area contributed by atoms with Gasteiger partial charge in [-0.1, -0.05) is 18.6 Å². The molecule has 1 saturated carbocycles. The molecule has 1 aliphatic carbocycles. The Kier molecular flexibility index (Phi) is 6.51. The molecule has 0 radical (unpaired) electrons. The van der Waals surface area contributed by atoms with Crippen molar-refractivity contribution in [1.82, 2.24) is 5.32 Å². The Labute approximate surface area is 129 Å². The molecule has 0 spiro atoms. The van der Waals surface area contributed by atoms with E-state index in [1.807, 2.05) is 0 Å². The van der Waals surface area contributed by atoms with Gasteiger partial charge in [0.05, 0.1) is 0 Å².